The van der Waals surface area contributed by atoms with Crippen molar-refractivity contribution in [1.82, 2.24) is 20.2 Å². The molecule has 0 aliphatic rings. The maximum absolute atomic E-state index is 12.4. The summed E-state index contributed by atoms with van der Waals surface area (Å²) < 4.78 is 24.8. The van der Waals surface area contributed by atoms with Gasteiger partial charge in [-0.3, -0.25) is 4.99 Å². The minimum Gasteiger partial charge on any atom is -0.355 e. The summed E-state index contributed by atoms with van der Waals surface area (Å²) >= 11 is 0. The highest BCUT2D eigenvalue weighted by molar-refractivity contribution is 7.91. The van der Waals surface area contributed by atoms with E-state index in [1.807, 2.05) is 42.3 Å². The Labute approximate surface area is 171 Å². The first-order chi connectivity index (χ1) is 14.0. The van der Waals surface area contributed by atoms with Gasteiger partial charge in [-0.2, -0.15) is 0 Å². The second-order valence-corrected chi connectivity index (χ2v) is 8.68. The Morgan fingerprint density at radius 2 is 1.76 bits per heavy atom. The number of aromatic amines is 1. The number of sulfone groups is 1. The molecule has 0 saturated carbocycles. The number of imidazole rings is 1. The molecular weight excluding hydrogens is 386 g/mol. The highest BCUT2D eigenvalue weighted by Crippen LogP contribution is 2.16. The first-order valence-electron chi connectivity index (χ1n) is 9.28. The van der Waals surface area contributed by atoms with E-state index < -0.39 is 9.84 Å². The van der Waals surface area contributed by atoms with Crippen molar-refractivity contribution in [3.05, 3.63) is 72.7 Å². The van der Waals surface area contributed by atoms with Crippen molar-refractivity contribution < 1.29 is 8.42 Å². The first-order valence-corrected chi connectivity index (χ1v) is 10.9. The Balaban J connectivity index is 1.56. The fourth-order valence-electron chi connectivity index (χ4n) is 2.93. The number of nitrogens with zero attached hydrogens (tertiary/aromatic N) is 3. The second kappa shape index (κ2) is 9.38. The maximum Gasteiger partial charge on any atom is 0.193 e. The molecule has 8 heteroatoms. The lowest BCUT2D eigenvalue weighted by Crippen LogP contribution is -2.40. The largest absolute Gasteiger partial charge is 0.355 e. The number of rotatable bonds is 7. The number of benzene rings is 2. The van der Waals surface area contributed by atoms with Crippen molar-refractivity contribution in [2.45, 2.75) is 11.4 Å². The number of H-pyrrole nitrogens is 1. The van der Waals surface area contributed by atoms with Gasteiger partial charge in [-0.05, 0) is 17.7 Å². The number of guanidine groups is 1. The van der Waals surface area contributed by atoms with Gasteiger partial charge in [-0.1, -0.05) is 48.5 Å². The van der Waals surface area contributed by atoms with Gasteiger partial charge in [0.2, 0.25) is 0 Å². The molecule has 29 heavy (non-hydrogen) atoms. The molecule has 0 saturated heterocycles. The number of hydrogen-bond donors (Lipinski definition) is 2. The van der Waals surface area contributed by atoms with E-state index in [2.05, 4.69) is 20.3 Å². The van der Waals surface area contributed by atoms with Crippen LogP contribution < -0.4 is 5.32 Å². The molecule has 0 aliphatic carbocycles. The summed E-state index contributed by atoms with van der Waals surface area (Å²) in [6.07, 6.45) is 1.81. The molecule has 1 aromatic heterocycles. The minimum atomic E-state index is -3.33. The van der Waals surface area contributed by atoms with E-state index in [-0.39, 0.29) is 12.3 Å². The summed E-state index contributed by atoms with van der Waals surface area (Å²) in [6.45, 7) is 0.777. The lowest BCUT2D eigenvalue weighted by Gasteiger charge is -2.21. The Morgan fingerprint density at radius 1 is 1.10 bits per heavy atom. The van der Waals surface area contributed by atoms with Gasteiger partial charge in [0.1, 0.15) is 5.82 Å². The molecule has 3 rings (SSSR count). The quantitative estimate of drug-likeness (QED) is 0.461. The summed E-state index contributed by atoms with van der Waals surface area (Å²) in [4.78, 5) is 14.2. The number of aromatic nitrogens is 2. The molecule has 0 fully saturated rings. The summed E-state index contributed by atoms with van der Waals surface area (Å²) in [6, 6.07) is 18.4. The van der Waals surface area contributed by atoms with Gasteiger partial charge in [-0.15, -0.1) is 0 Å². The predicted molar refractivity (Wildman–Crippen MR) is 115 cm³/mol. The van der Waals surface area contributed by atoms with Crippen molar-refractivity contribution in [3.63, 3.8) is 0 Å². The van der Waals surface area contributed by atoms with Gasteiger partial charge in [0.25, 0.3) is 0 Å². The van der Waals surface area contributed by atoms with Gasteiger partial charge in [0.15, 0.2) is 15.8 Å². The molecule has 0 unspecified atom stereocenters. The van der Waals surface area contributed by atoms with Crippen LogP contribution in [0.3, 0.4) is 0 Å². The maximum atomic E-state index is 12.4. The molecule has 2 N–H and O–H groups in total. The highest BCUT2D eigenvalue weighted by Gasteiger charge is 2.15. The fraction of sp³-hybridized carbons (Fsp3) is 0.238. The van der Waals surface area contributed by atoms with Gasteiger partial charge in [0.05, 0.1) is 29.1 Å². The van der Waals surface area contributed by atoms with Crippen LogP contribution in [0.25, 0.3) is 11.3 Å². The number of hydrogen-bond acceptors (Lipinski definition) is 4. The van der Waals surface area contributed by atoms with Crippen LogP contribution in [-0.2, 0) is 16.4 Å². The van der Waals surface area contributed by atoms with Crippen LogP contribution >= 0.6 is 0 Å². The van der Waals surface area contributed by atoms with E-state index in [0.29, 0.717) is 17.4 Å². The SMILES string of the molecule is CN=C(NCCS(=O)(=O)c1ccccc1)N(C)Cc1ncc(-c2ccccc2)[nH]1. The Bertz CT molecular complexity index is 1050. The van der Waals surface area contributed by atoms with E-state index >= 15 is 0 Å². The fourth-order valence-corrected chi connectivity index (χ4v) is 4.11. The van der Waals surface area contributed by atoms with Crippen LogP contribution in [0.1, 0.15) is 5.82 Å². The third kappa shape index (κ3) is 5.45. The zero-order valence-corrected chi connectivity index (χ0v) is 17.4. The van der Waals surface area contributed by atoms with Gasteiger partial charge >= 0.3 is 0 Å². The summed E-state index contributed by atoms with van der Waals surface area (Å²) in [5, 5.41) is 3.11. The van der Waals surface area contributed by atoms with Crippen molar-refractivity contribution >= 4 is 15.8 Å². The van der Waals surface area contributed by atoms with Crippen LogP contribution in [0.5, 0.6) is 0 Å². The van der Waals surface area contributed by atoms with E-state index in [9.17, 15) is 8.42 Å². The Morgan fingerprint density at radius 3 is 2.41 bits per heavy atom. The zero-order valence-electron chi connectivity index (χ0n) is 16.5. The molecule has 152 valence electrons. The average molecular weight is 412 g/mol. The van der Waals surface area contributed by atoms with Crippen LogP contribution in [0, 0.1) is 0 Å². The predicted octanol–water partition coefficient (Wildman–Crippen LogP) is 2.56. The highest BCUT2D eigenvalue weighted by atomic mass is 32.2. The molecule has 2 aromatic carbocycles. The van der Waals surface area contributed by atoms with Crippen LogP contribution in [0.2, 0.25) is 0 Å². The van der Waals surface area contributed by atoms with Gasteiger partial charge in [0, 0.05) is 20.6 Å². The Kier molecular flexibility index (Phi) is 6.66. The molecule has 0 spiro atoms. The van der Waals surface area contributed by atoms with E-state index in [0.717, 1.165) is 17.1 Å². The lowest BCUT2D eigenvalue weighted by atomic mass is 10.2. The number of nitrogens with one attached hydrogen (secondary N) is 2. The minimum absolute atomic E-state index is 0.0111. The lowest BCUT2D eigenvalue weighted by molar-refractivity contribution is 0.466. The summed E-state index contributed by atoms with van der Waals surface area (Å²) in [5.74, 6) is 1.39. The van der Waals surface area contributed by atoms with E-state index in [1.165, 1.54) is 0 Å². The smallest absolute Gasteiger partial charge is 0.193 e. The second-order valence-electron chi connectivity index (χ2n) is 6.57. The Hall–Kier alpha value is -3.13. The molecule has 7 nitrogen and oxygen atoms in total. The van der Waals surface area contributed by atoms with Crippen LogP contribution in [0.15, 0.2) is 76.7 Å². The molecule has 3 aromatic rings. The molecule has 0 bridgehead atoms. The molecular formula is C21H25N5O2S. The topological polar surface area (TPSA) is 90.4 Å². The van der Waals surface area contributed by atoms with E-state index in [1.54, 1.807) is 43.6 Å². The third-order valence-corrected chi connectivity index (χ3v) is 6.16. The standard InChI is InChI=1S/C21H25N5O2S/c1-22-21(23-13-14-29(27,28)18-11-7-4-8-12-18)26(2)16-20-24-15-19(25-20)17-9-5-3-6-10-17/h3-12,15H,13-14,16H2,1-2H3,(H,22,23)(H,24,25). The van der Waals surface area contributed by atoms with Crippen molar-refractivity contribution in [1.29, 1.82) is 0 Å². The van der Waals surface area contributed by atoms with Crippen molar-refractivity contribution in [2.24, 2.45) is 4.99 Å². The summed E-state index contributed by atoms with van der Waals surface area (Å²) in [5.41, 5.74) is 2.02. The summed E-state index contributed by atoms with van der Waals surface area (Å²) in [7, 11) is 0.219. The third-order valence-electron chi connectivity index (χ3n) is 4.43. The molecule has 0 radical (unpaired) electrons. The van der Waals surface area contributed by atoms with Gasteiger partial charge in [-0.25, -0.2) is 13.4 Å². The normalized spacial score (nSPS) is 12.0. The average Bonchev–Trinajstić information content (AvgIpc) is 3.21. The molecule has 0 amide bonds. The van der Waals surface area contributed by atoms with E-state index in [4.69, 9.17) is 0 Å². The number of aliphatic imine (C=N–C) groups is 1. The molecule has 1 heterocycles. The van der Waals surface area contributed by atoms with Crippen LogP contribution in [0.4, 0.5) is 0 Å². The van der Waals surface area contributed by atoms with Crippen LogP contribution in [-0.4, -0.2) is 55.6 Å². The van der Waals surface area contributed by atoms with Gasteiger partial charge < -0.3 is 15.2 Å². The first kappa shape index (κ1) is 20.6. The zero-order chi connectivity index (χ0) is 20.7. The van der Waals surface area contributed by atoms with Crippen molar-refractivity contribution in [2.75, 3.05) is 26.4 Å². The monoisotopic (exact) mass is 411 g/mol. The molecule has 0 atom stereocenters. The molecule has 0 aliphatic heterocycles. The van der Waals surface area contributed by atoms with Crippen molar-refractivity contribution in [3.8, 4) is 11.3 Å².